The van der Waals surface area contributed by atoms with Crippen LogP contribution in [0.4, 0.5) is 0 Å². The highest BCUT2D eigenvalue weighted by Gasteiger charge is 2.14. The Bertz CT molecular complexity index is 312. The third-order valence-electron chi connectivity index (χ3n) is 1.25. The molecule has 0 aliphatic heterocycles. The number of carbonyl (C=O) groups excluding carboxylic acids is 1. The van der Waals surface area contributed by atoms with Gasteiger partial charge in [-0.1, -0.05) is 0 Å². The van der Waals surface area contributed by atoms with E-state index in [1.807, 2.05) is 0 Å². The number of aromatic nitrogens is 3. The van der Waals surface area contributed by atoms with Gasteiger partial charge in [0, 0.05) is 7.11 Å². The number of hydrogen-bond donors (Lipinski definition) is 0. The average molecular weight is 206 g/mol. The summed E-state index contributed by atoms with van der Waals surface area (Å²) in [7, 11) is 2.73. The van der Waals surface area contributed by atoms with Crippen LogP contribution in [0.1, 0.15) is 10.6 Å². The van der Waals surface area contributed by atoms with Crippen molar-refractivity contribution in [2.45, 2.75) is 6.73 Å². The average Bonchev–Trinajstić information content (AvgIpc) is 2.47. The zero-order valence-electron chi connectivity index (χ0n) is 7.15. The molecule has 0 aliphatic carbocycles. The summed E-state index contributed by atoms with van der Waals surface area (Å²) < 4.78 is 10.4. The molecule has 1 heterocycles. The molecule has 0 aromatic carbocycles. The number of hydrogen-bond acceptors (Lipinski definition) is 5. The summed E-state index contributed by atoms with van der Waals surface area (Å²) >= 11 is 5.63. The van der Waals surface area contributed by atoms with Crippen molar-refractivity contribution in [3.8, 4) is 0 Å². The first-order valence-electron chi connectivity index (χ1n) is 3.36. The molecular formula is C6H8ClN3O3. The van der Waals surface area contributed by atoms with Gasteiger partial charge in [0.05, 0.1) is 7.11 Å². The van der Waals surface area contributed by atoms with Crippen LogP contribution in [-0.2, 0) is 16.2 Å². The first-order chi connectivity index (χ1) is 6.19. The van der Waals surface area contributed by atoms with Crippen molar-refractivity contribution in [3.63, 3.8) is 0 Å². The predicted molar refractivity (Wildman–Crippen MR) is 43.4 cm³/mol. The summed E-state index contributed by atoms with van der Waals surface area (Å²) in [6.07, 6.45) is 0. The molecule has 0 aliphatic rings. The van der Waals surface area contributed by atoms with Gasteiger partial charge in [-0.2, -0.15) is 4.98 Å². The molecule has 0 unspecified atom stereocenters. The minimum absolute atomic E-state index is 0.0791. The predicted octanol–water partition coefficient (Wildman–Crippen LogP) is 0.322. The van der Waals surface area contributed by atoms with Gasteiger partial charge in [0.25, 0.3) is 5.82 Å². The number of halogens is 1. The van der Waals surface area contributed by atoms with Crippen LogP contribution in [0.3, 0.4) is 0 Å². The highest BCUT2D eigenvalue weighted by Crippen LogP contribution is 2.05. The maximum atomic E-state index is 10.9. The Kier molecular flexibility index (Phi) is 3.21. The number of rotatable bonds is 3. The number of nitrogens with zero attached hydrogens (tertiary/aromatic N) is 3. The maximum Gasteiger partial charge on any atom is 0.378 e. The molecular weight excluding hydrogens is 198 g/mol. The quantitative estimate of drug-likeness (QED) is 0.665. The Balaban J connectivity index is 2.88. The smallest absolute Gasteiger partial charge is 0.378 e. The van der Waals surface area contributed by atoms with E-state index in [2.05, 4.69) is 14.8 Å². The lowest BCUT2D eigenvalue weighted by Gasteiger charge is -1.96. The van der Waals surface area contributed by atoms with Gasteiger partial charge in [-0.3, -0.25) is 0 Å². The van der Waals surface area contributed by atoms with Crippen LogP contribution < -0.4 is 0 Å². The van der Waals surface area contributed by atoms with Gasteiger partial charge in [-0.15, -0.1) is 5.10 Å². The van der Waals surface area contributed by atoms with Crippen LogP contribution in [-0.4, -0.2) is 35.0 Å². The van der Waals surface area contributed by atoms with E-state index >= 15 is 0 Å². The molecule has 0 N–H and O–H groups in total. The minimum atomic E-state index is -0.628. The molecule has 1 aromatic heterocycles. The Morgan fingerprint density at radius 2 is 2.31 bits per heavy atom. The Hall–Kier alpha value is -1.14. The van der Waals surface area contributed by atoms with Crippen LogP contribution in [0.15, 0.2) is 0 Å². The van der Waals surface area contributed by atoms with Gasteiger partial charge in [0.2, 0.25) is 5.28 Å². The summed E-state index contributed by atoms with van der Waals surface area (Å²) in [5, 5.41) is 3.83. The second-order valence-corrected chi connectivity index (χ2v) is 2.45. The van der Waals surface area contributed by atoms with E-state index in [-0.39, 0.29) is 17.8 Å². The maximum absolute atomic E-state index is 10.9. The van der Waals surface area contributed by atoms with Crippen molar-refractivity contribution < 1.29 is 14.3 Å². The van der Waals surface area contributed by atoms with Gasteiger partial charge >= 0.3 is 5.97 Å². The van der Waals surface area contributed by atoms with Crippen LogP contribution in [0.5, 0.6) is 0 Å². The van der Waals surface area contributed by atoms with Gasteiger partial charge in [0.1, 0.15) is 6.73 Å². The van der Waals surface area contributed by atoms with Gasteiger partial charge in [0.15, 0.2) is 0 Å². The summed E-state index contributed by atoms with van der Waals surface area (Å²) in [5.41, 5.74) is 0. The third kappa shape index (κ3) is 2.16. The van der Waals surface area contributed by atoms with Crippen LogP contribution in [0.25, 0.3) is 0 Å². The molecule has 0 saturated heterocycles. The highest BCUT2D eigenvalue weighted by molar-refractivity contribution is 6.28. The number of esters is 1. The van der Waals surface area contributed by atoms with Crippen molar-refractivity contribution in [1.29, 1.82) is 0 Å². The van der Waals surface area contributed by atoms with Crippen LogP contribution >= 0.6 is 11.6 Å². The second-order valence-electron chi connectivity index (χ2n) is 2.11. The first kappa shape index (κ1) is 9.94. The van der Waals surface area contributed by atoms with E-state index in [1.165, 1.54) is 18.9 Å². The molecule has 6 nitrogen and oxygen atoms in total. The number of ether oxygens (including phenoxy) is 2. The molecule has 0 atom stereocenters. The third-order valence-corrected chi connectivity index (χ3v) is 1.53. The lowest BCUT2D eigenvalue weighted by atomic mass is 10.6. The molecule has 0 amide bonds. The topological polar surface area (TPSA) is 66.2 Å². The van der Waals surface area contributed by atoms with Crippen molar-refractivity contribution in [2.75, 3.05) is 14.2 Å². The highest BCUT2D eigenvalue weighted by atomic mass is 35.5. The number of carbonyl (C=O) groups is 1. The zero-order valence-corrected chi connectivity index (χ0v) is 7.91. The Morgan fingerprint density at radius 1 is 1.62 bits per heavy atom. The van der Waals surface area contributed by atoms with E-state index in [1.54, 1.807) is 0 Å². The SMILES string of the molecule is COCn1nc(C(=O)OC)nc1Cl. The molecule has 13 heavy (non-hydrogen) atoms. The molecule has 1 rings (SSSR count). The fraction of sp³-hybridized carbons (Fsp3) is 0.500. The molecule has 1 aromatic rings. The molecule has 0 spiro atoms. The van der Waals surface area contributed by atoms with Gasteiger partial charge < -0.3 is 9.47 Å². The molecule has 0 bridgehead atoms. The monoisotopic (exact) mass is 205 g/mol. The molecule has 0 fully saturated rings. The molecule has 72 valence electrons. The summed E-state index contributed by atoms with van der Waals surface area (Å²) in [6, 6.07) is 0. The fourth-order valence-corrected chi connectivity index (χ4v) is 0.872. The normalized spacial score (nSPS) is 10.1. The summed E-state index contributed by atoms with van der Waals surface area (Å²) in [4.78, 5) is 14.6. The minimum Gasteiger partial charge on any atom is -0.463 e. The Labute approximate surface area is 79.4 Å². The lowest BCUT2D eigenvalue weighted by molar-refractivity contribution is 0.0583. The summed E-state index contributed by atoms with van der Waals surface area (Å²) in [5.74, 6) is -0.707. The van der Waals surface area contributed by atoms with E-state index < -0.39 is 5.97 Å². The molecule has 0 saturated carbocycles. The van der Waals surface area contributed by atoms with Crippen LogP contribution in [0.2, 0.25) is 5.28 Å². The first-order valence-corrected chi connectivity index (χ1v) is 3.74. The van der Waals surface area contributed by atoms with Crippen molar-refractivity contribution >= 4 is 17.6 Å². The van der Waals surface area contributed by atoms with E-state index in [4.69, 9.17) is 16.3 Å². The fourth-order valence-electron chi connectivity index (χ4n) is 0.705. The summed E-state index contributed by atoms with van der Waals surface area (Å²) in [6.45, 7) is 0.142. The Morgan fingerprint density at radius 3 is 2.85 bits per heavy atom. The standard InChI is InChI=1S/C6H8ClN3O3/c1-12-3-10-6(7)8-4(9-10)5(11)13-2/h3H2,1-2H3. The van der Waals surface area contributed by atoms with Crippen molar-refractivity contribution in [1.82, 2.24) is 14.8 Å². The van der Waals surface area contributed by atoms with Gasteiger partial charge in [-0.05, 0) is 11.6 Å². The van der Waals surface area contributed by atoms with Crippen LogP contribution in [0, 0.1) is 0 Å². The zero-order chi connectivity index (χ0) is 9.84. The van der Waals surface area contributed by atoms with E-state index in [9.17, 15) is 4.79 Å². The molecule has 7 heteroatoms. The second kappa shape index (κ2) is 4.20. The van der Waals surface area contributed by atoms with Gasteiger partial charge in [-0.25, -0.2) is 9.48 Å². The lowest BCUT2D eigenvalue weighted by Crippen LogP contribution is -2.06. The van der Waals surface area contributed by atoms with Crippen molar-refractivity contribution in [2.24, 2.45) is 0 Å². The van der Waals surface area contributed by atoms with E-state index in [0.29, 0.717) is 0 Å². The largest absolute Gasteiger partial charge is 0.463 e. The molecule has 0 radical (unpaired) electrons. The van der Waals surface area contributed by atoms with Crippen molar-refractivity contribution in [3.05, 3.63) is 11.1 Å². The number of methoxy groups -OCH3 is 2. The van der Waals surface area contributed by atoms with E-state index in [0.717, 1.165) is 0 Å².